The Labute approximate surface area is 166 Å². The monoisotopic (exact) mass is 392 g/mol. The molecule has 0 saturated heterocycles. The molecule has 142 valence electrons. The Bertz CT molecular complexity index is 1130. The summed E-state index contributed by atoms with van der Waals surface area (Å²) in [6.07, 6.45) is 5.54. The molecule has 28 heavy (non-hydrogen) atoms. The van der Waals surface area contributed by atoms with Crippen LogP contribution in [0.3, 0.4) is 0 Å². The minimum Gasteiger partial charge on any atom is -0.348 e. The van der Waals surface area contributed by atoms with E-state index in [1.807, 2.05) is 39.6 Å². The summed E-state index contributed by atoms with van der Waals surface area (Å²) < 4.78 is 3.86. The molecule has 1 N–H and O–H groups in total. The summed E-state index contributed by atoms with van der Waals surface area (Å²) in [6, 6.07) is 12.0. The van der Waals surface area contributed by atoms with Crippen LogP contribution in [0.15, 0.2) is 60.1 Å². The van der Waals surface area contributed by atoms with Gasteiger partial charge in [-0.25, -0.2) is 4.98 Å². The smallest absolute Gasteiger partial charge is 0.230 e. The fourth-order valence-electron chi connectivity index (χ4n) is 2.84. The number of carbonyl (C=O) groups excluding carboxylic acids is 1. The number of aromatic nitrogens is 5. The number of fused-ring (bicyclic) bond motifs is 1. The number of rotatable bonds is 6. The van der Waals surface area contributed by atoms with Crippen LogP contribution in [0.25, 0.3) is 11.3 Å². The van der Waals surface area contributed by atoms with Crippen molar-refractivity contribution < 1.29 is 4.79 Å². The molecule has 0 radical (unpaired) electrons. The Morgan fingerprint density at radius 3 is 2.86 bits per heavy atom. The number of thioether (sulfide) groups is 1. The van der Waals surface area contributed by atoms with Gasteiger partial charge in [0.1, 0.15) is 0 Å². The SMILES string of the molecule is Cc1ccc(-n2ccnc2SCC(=O)NCc2nnc3ccccn23)cc1C. The minimum absolute atomic E-state index is 0.0766. The third-order valence-electron chi connectivity index (χ3n) is 4.54. The van der Waals surface area contributed by atoms with E-state index < -0.39 is 0 Å². The van der Waals surface area contributed by atoms with Crippen molar-refractivity contribution in [2.75, 3.05) is 5.75 Å². The molecule has 0 aliphatic carbocycles. The van der Waals surface area contributed by atoms with E-state index in [0.717, 1.165) is 16.5 Å². The van der Waals surface area contributed by atoms with Crippen LogP contribution in [-0.4, -0.2) is 35.8 Å². The third kappa shape index (κ3) is 3.77. The van der Waals surface area contributed by atoms with Crippen LogP contribution in [0.4, 0.5) is 0 Å². The van der Waals surface area contributed by atoms with Crippen molar-refractivity contribution in [2.45, 2.75) is 25.5 Å². The Hall–Kier alpha value is -3.13. The van der Waals surface area contributed by atoms with Gasteiger partial charge in [0.05, 0.1) is 12.3 Å². The number of pyridine rings is 1. The van der Waals surface area contributed by atoms with Crippen molar-refractivity contribution in [1.29, 1.82) is 0 Å². The molecule has 0 atom stereocenters. The van der Waals surface area contributed by atoms with Crippen LogP contribution in [0.2, 0.25) is 0 Å². The number of imidazole rings is 1. The maximum Gasteiger partial charge on any atom is 0.230 e. The van der Waals surface area contributed by atoms with E-state index in [-0.39, 0.29) is 11.7 Å². The lowest BCUT2D eigenvalue weighted by atomic mass is 10.1. The second-order valence-electron chi connectivity index (χ2n) is 6.46. The van der Waals surface area contributed by atoms with Crippen LogP contribution in [0.1, 0.15) is 17.0 Å². The van der Waals surface area contributed by atoms with Crippen LogP contribution in [0, 0.1) is 13.8 Å². The van der Waals surface area contributed by atoms with Crippen LogP contribution < -0.4 is 5.32 Å². The van der Waals surface area contributed by atoms with E-state index in [0.29, 0.717) is 12.4 Å². The van der Waals surface area contributed by atoms with E-state index in [4.69, 9.17) is 0 Å². The first-order chi connectivity index (χ1) is 13.6. The van der Waals surface area contributed by atoms with Crippen molar-refractivity contribution in [3.05, 3.63) is 71.9 Å². The number of hydrogen-bond acceptors (Lipinski definition) is 5. The highest BCUT2D eigenvalue weighted by molar-refractivity contribution is 7.99. The lowest BCUT2D eigenvalue weighted by Gasteiger charge is -2.10. The lowest BCUT2D eigenvalue weighted by molar-refractivity contribution is -0.118. The average molecular weight is 392 g/mol. The molecule has 0 spiro atoms. The zero-order valence-corrected chi connectivity index (χ0v) is 16.5. The average Bonchev–Trinajstić information content (AvgIpc) is 3.34. The highest BCUT2D eigenvalue weighted by Crippen LogP contribution is 2.22. The lowest BCUT2D eigenvalue weighted by Crippen LogP contribution is -2.25. The molecular formula is C20H20N6OS. The van der Waals surface area contributed by atoms with Crippen LogP contribution in [-0.2, 0) is 11.3 Å². The molecule has 4 rings (SSSR count). The van der Waals surface area contributed by atoms with E-state index in [9.17, 15) is 4.79 Å². The van der Waals surface area contributed by atoms with Crippen molar-refractivity contribution in [1.82, 2.24) is 29.5 Å². The molecular weight excluding hydrogens is 372 g/mol. The van der Waals surface area contributed by atoms with Gasteiger partial charge in [0.2, 0.25) is 5.91 Å². The Kier molecular flexibility index (Phi) is 5.12. The third-order valence-corrected chi connectivity index (χ3v) is 5.50. The summed E-state index contributed by atoms with van der Waals surface area (Å²) in [5.74, 6) is 0.899. The molecule has 7 nitrogen and oxygen atoms in total. The molecule has 0 fully saturated rings. The molecule has 0 bridgehead atoms. The van der Waals surface area contributed by atoms with E-state index in [2.05, 4.69) is 52.5 Å². The zero-order valence-electron chi connectivity index (χ0n) is 15.7. The van der Waals surface area contributed by atoms with Gasteiger partial charge >= 0.3 is 0 Å². The molecule has 0 aliphatic heterocycles. The predicted octanol–water partition coefficient (Wildman–Crippen LogP) is 2.94. The Morgan fingerprint density at radius 1 is 1.11 bits per heavy atom. The van der Waals surface area contributed by atoms with Gasteiger partial charge in [0.25, 0.3) is 0 Å². The zero-order chi connectivity index (χ0) is 19.5. The number of hydrogen-bond donors (Lipinski definition) is 1. The predicted molar refractivity (Wildman–Crippen MR) is 109 cm³/mol. The Balaban J connectivity index is 1.38. The number of nitrogens with zero attached hydrogens (tertiary/aromatic N) is 5. The van der Waals surface area contributed by atoms with E-state index >= 15 is 0 Å². The highest BCUT2D eigenvalue weighted by atomic mass is 32.2. The maximum atomic E-state index is 12.3. The number of nitrogens with one attached hydrogen (secondary N) is 1. The molecule has 0 unspecified atom stereocenters. The standard InChI is InChI=1S/C20H20N6OS/c1-14-6-7-16(11-15(14)2)25-10-8-21-20(25)28-13-19(27)22-12-18-24-23-17-5-3-4-9-26(17)18/h3-11H,12-13H2,1-2H3,(H,22,27). The fourth-order valence-corrected chi connectivity index (χ4v) is 3.64. The van der Waals surface area contributed by atoms with Crippen LogP contribution >= 0.6 is 11.8 Å². The molecule has 1 amide bonds. The molecule has 3 heterocycles. The summed E-state index contributed by atoms with van der Waals surface area (Å²) in [5, 5.41) is 11.9. The summed E-state index contributed by atoms with van der Waals surface area (Å²) in [5.41, 5.74) is 4.27. The summed E-state index contributed by atoms with van der Waals surface area (Å²) in [7, 11) is 0. The van der Waals surface area contributed by atoms with Gasteiger partial charge in [-0.05, 0) is 49.2 Å². The van der Waals surface area contributed by atoms with Crippen LogP contribution in [0.5, 0.6) is 0 Å². The van der Waals surface area contributed by atoms with E-state index in [1.54, 1.807) is 6.20 Å². The van der Waals surface area contributed by atoms with Gasteiger partial charge in [-0.15, -0.1) is 10.2 Å². The minimum atomic E-state index is -0.0766. The molecule has 8 heteroatoms. The first-order valence-electron chi connectivity index (χ1n) is 8.91. The maximum absolute atomic E-state index is 12.3. The second-order valence-corrected chi connectivity index (χ2v) is 7.40. The van der Waals surface area contributed by atoms with Crippen molar-refractivity contribution in [3.8, 4) is 5.69 Å². The summed E-state index contributed by atoms with van der Waals surface area (Å²) >= 11 is 1.40. The van der Waals surface area contributed by atoms with Crippen molar-refractivity contribution in [3.63, 3.8) is 0 Å². The normalized spacial score (nSPS) is 11.1. The van der Waals surface area contributed by atoms with Gasteiger partial charge in [0, 0.05) is 24.3 Å². The number of carbonyl (C=O) groups is 1. The highest BCUT2D eigenvalue weighted by Gasteiger charge is 2.11. The molecule has 0 saturated carbocycles. The first kappa shape index (κ1) is 18.2. The quantitative estimate of drug-likeness (QED) is 0.511. The molecule has 4 aromatic rings. The van der Waals surface area contributed by atoms with Gasteiger partial charge in [0.15, 0.2) is 16.6 Å². The molecule has 1 aromatic carbocycles. The van der Waals surface area contributed by atoms with E-state index in [1.165, 1.54) is 22.9 Å². The van der Waals surface area contributed by atoms with Gasteiger partial charge in [-0.1, -0.05) is 23.9 Å². The van der Waals surface area contributed by atoms with Gasteiger partial charge in [-0.3, -0.25) is 13.8 Å². The molecule has 3 aromatic heterocycles. The second kappa shape index (κ2) is 7.85. The first-order valence-corrected chi connectivity index (χ1v) is 9.89. The Morgan fingerprint density at radius 2 is 2.00 bits per heavy atom. The summed E-state index contributed by atoms with van der Waals surface area (Å²) in [6.45, 7) is 4.51. The number of benzene rings is 1. The molecule has 0 aliphatic rings. The fraction of sp³-hybridized carbons (Fsp3) is 0.200. The van der Waals surface area contributed by atoms with Crippen molar-refractivity contribution >= 4 is 23.3 Å². The number of amides is 1. The van der Waals surface area contributed by atoms with Crippen molar-refractivity contribution in [2.24, 2.45) is 0 Å². The van der Waals surface area contributed by atoms with Gasteiger partial charge in [-0.2, -0.15) is 0 Å². The summed E-state index contributed by atoms with van der Waals surface area (Å²) in [4.78, 5) is 16.7. The largest absolute Gasteiger partial charge is 0.348 e. The number of aryl methyl sites for hydroxylation is 2. The topological polar surface area (TPSA) is 77.1 Å². The van der Waals surface area contributed by atoms with Gasteiger partial charge < -0.3 is 5.32 Å².